The smallest absolute Gasteiger partial charge is 0.282 e. The third-order valence-corrected chi connectivity index (χ3v) is 4.40. The Bertz CT molecular complexity index is 1280. The summed E-state index contributed by atoms with van der Waals surface area (Å²) in [5.74, 6) is -0.923. The summed E-state index contributed by atoms with van der Waals surface area (Å²) < 4.78 is 1.45. The second-order valence-electron chi connectivity index (χ2n) is 6.14. The van der Waals surface area contributed by atoms with E-state index < -0.39 is 5.91 Å². The van der Waals surface area contributed by atoms with Gasteiger partial charge in [-0.2, -0.15) is 4.99 Å². The number of pyridine rings is 1. The summed E-state index contributed by atoms with van der Waals surface area (Å²) in [6.07, 6.45) is 1.49. The molecule has 0 unspecified atom stereocenters. The lowest BCUT2D eigenvalue weighted by atomic mass is 10.1. The standard InChI is InChI=1S/C21H16N4O2/c22-21(23)24-19(26)18-12-25(20(27)17-8-4-3-7-16(17)18)15-10-9-13-5-1-2-6-14(13)11-15/h1-12H,(H4,22,23,24,26). The van der Waals surface area contributed by atoms with E-state index in [1.54, 1.807) is 24.3 Å². The average Bonchev–Trinajstić information content (AvgIpc) is 2.67. The van der Waals surface area contributed by atoms with Crippen molar-refractivity contribution >= 4 is 33.4 Å². The van der Waals surface area contributed by atoms with Gasteiger partial charge in [0.1, 0.15) is 0 Å². The minimum Gasteiger partial charge on any atom is -0.370 e. The van der Waals surface area contributed by atoms with Gasteiger partial charge in [0.2, 0.25) is 0 Å². The summed E-state index contributed by atoms with van der Waals surface area (Å²) >= 11 is 0. The summed E-state index contributed by atoms with van der Waals surface area (Å²) in [7, 11) is 0. The number of aliphatic imine (C=N–C) groups is 1. The molecule has 0 bridgehead atoms. The molecule has 0 saturated heterocycles. The topological polar surface area (TPSA) is 103 Å². The number of carbonyl (C=O) groups excluding carboxylic acids is 1. The van der Waals surface area contributed by atoms with E-state index in [1.807, 2.05) is 42.5 Å². The maximum absolute atomic E-state index is 13.0. The molecule has 0 radical (unpaired) electrons. The molecular formula is C21H16N4O2. The number of benzene rings is 3. The van der Waals surface area contributed by atoms with Gasteiger partial charge in [0.05, 0.1) is 5.56 Å². The van der Waals surface area contributed by atoms with Crippen LogP contribution in [0.15, 0.2) is 82.7 Å². The summed E-state index contributed by atoms with van der Waals surface area (Å²) in [5, 5.41) is 2.98. The molecule has 0 saturated carbocycles. The SMILES string of the molecule is NC(N)=NC(=O)c1cn(-c2ccc3ccccc3c2)c(=O)c2ccccc12. The zero-order chi connectivity index (χ0) is 19.0. The van der Waals surface area contributed by atoms with Gasteiger partial charge in [-0.1, -0.05) is 48.5 Å². The van der Waals surface area contributed by atoms with Gasteiger partial charge in [0, 0.05) is 22.7 Å². The summed E-state index contributed by atoms with van der Waals surface area (Å²) in [6.45, 7) is 0. The molecule has 1 heterocycles. The number of fused-ring (bicyclic) bond motifs is 2. The van der Waals surface area contributed by atoms with Crippen molar-refractivity contribution in [1.29, 1.82) is 0 Å². The third-order valence-electron chi connectivity index (χ3n) is 4.40. The van der Waals surface area contributed by atoms with Crippen LogP contribution in [0.4, 0.5) is 0 Å². The summed E-state index contributed by atoms with van der Waals surface area (Å²) in [4.78, 5) is 29.2. The van der Waals surface area contributed by atoms with E-state index in [4.69, 9.17) is 11.5 Å². The van der Waals surface area contributed by atoms with Gasteiger partial charge < -0.3 is 11.5 Å². The molecule has 3 aromatic carbocycles. The van der Waals surface area contributed by atoms with E-state index >= 15 is 0 Å². The highest BCUT2D eigenvalue weighted by molar-refractivity contribution is 6.10. The Morgan fingerprint density at radius 1 is 0.852 bits per heavy atom. The minimum absolute atomic E-state index is 0.220. The molecular weight excluding hydrogens is 340 g/mol. The van der Waals surface area contributed by atoms with E-state index in [-0.39, 0.29) is 17.1 Å². The maximum Gasteiger partial charge on any atom is 0.282 e. The van der Waals surface area contributed by atoms with Gasteiger partial charge in [0.25, 0.3) is 11.5 Å². The predicted octanol–water partition coefficient (Wildman–Crippen LogP) is 2.56. The van der Waals surface area contributed by atoms with E-state index in [1.165, 1.54) is 10.8 Å². The molecule has 27 heavy (non-hydrogen) atoms. The quantitative estimate of drug-likeness (QED) is 0.425. The average molecular weight is 356 g/mol. The number of hydrogen-bond acceptors (Lipinski definition) is 2. The second kappa shape index (κ2) is 6.42. The first-order chi connectivity index (χ1) is 13.0. The normalized spacial score (nSPS) is 10.8. The van der Waals surface area contributed by atoms with Gasteiger partial charge in [0.15, 0.2) is 5.96 Å². The monoisotopic (exact) mass is 356 g/mol. The molecule has 1 aromatic heterocycles. The Labute approximate surface area is 154 Å². The van der Waals surface area contributed by atoms with Crippen molar-refractivity contribution in [2.45, 2.75) is 0 Å². The lowest BCUT2D eigenvalue weighted by molar-refractivity contribution is 0.100. The number of carbonyl (C=O) groups is 1. The molecule has 0 atom stereocenters. The van der Waals surface area contributed by atoms with E-state index in [0.29, 0.717) is 16.5 Å². The Morgan fingerprint density at radius 3 is 2.26 bits per heavy atom. The van der Waals surface area contributed by atoms with Crippen LogP contribution in [0, 0.1) is 0 Å². The van der Waals surface area contributed by atoms with Crippen LogP contribution >= 0.6 is 0 Å². The molecule has 4 rings (SSSR count). The Morgan fingerprint density at radius 2 is 1.52 bits per heavy atom. The molecule has 1 amide bonds. The van der Waals surface area contributed by atoms with Crippen molar-refractivity contribution in [3.63, 3.8) is 0 Å². The molecule has 132 valence electrons. The fraction of sp³-hybridized carbons (Fsp3) is 0. The molecule has 4 N–H and O–H groups in total. The van der Waals surface area contributed by atoms with Crippen molar-refractivity contribution in [3.05, 3.63) is 88.8 Å². The van der Waals surface area contributed by atoms with Crippen molar-refractivity contribution in [1.82, 2.24) is 4.57 Å². The van der Waals surface area contributed by atoms with Crippen LogP contribution in [0.3, 0.4) is 0 Å². The van der Waals surface area contributed by atoms with Gasteiger partial charge in [-0.15, -0.1) is 0 Å². The highest BCUT2D eigenvalue weighted by Crippen LogP contribution is 2.21. The van der Waals surface area contributed by atoms with Crippen LogP contribution < -0.4 is 17.0 Å². The minimum atomic E-state index is -0.597. The zero-order valence-corrected chi connectivity index (χ0v) is 14.3. The van der Waals surface area contributed by atoms with Gasteiger partial charge in [-0.05, 0) is 29.0 Å². The van der Waals surface area contributed by atoms with E-state index in [9.17, 15) is 9.59 Å². The molecule has 0 fully saturated rings. The van der Waals surface area contributed by atoms with Crippen molar-refractivity contribution < 1.29 is 4.79 Å². The van der Waals surface area contributed by atoms with Crippen LogP contribution in [0.1, 0.15) is 10.4 Å². The zero-order valence-electron chi connectivity index (χ0n) is 14.3. The lowest BCUT2D eigenvalue weighted by Gasteiger charge is -2.11. The van der Waals surface area contributed by atoms with E-state index in [2.05, 4.69) is 4.99 Å². The molecule has 0 aliphatic carbocycles. The number of aromatic nitrogens is 1. The first-order valence-electron chi connectivity index (χ1n) is 8.32. The summed E-state index contributed by atoms with van der Waals surface area (Å²) in [5.41, 5.74) is 11.4. The van der Waals surface area contributed by atoms with Crippen LogP contribution in [-0.2, 0) is 0 Å². The molecule has 6 heteroatoms. The van der Waals surface area contributed by atoms with Crippen LogP contribution in [0.2, 0.25) is 0 Å². The molecule has 0 aliphatic rings. The number of rotatable bonds is 2. The third kappa shape index (κ3) is 2.93. The second-order valence-corrected chi connectivity index (χ2v) is 6.14. The number of nitrogens with two attached hydrogens (primary N) is 2. The van der Waals surface area contributed by atoms with Crippen molar-refractivity contribution in [2.75, 3.05) is 0 Å². The van der Waals surface area contributed by atoms with Gasteiger partial charge in [-0.3, -0.25) is 14.2 Å². The lowest BCUT2D eigenvalue weighted by Crippen LogP contribution is -2.25. The summed E-state index contributed by atoms with van der Waals surface area (Å²) in [6, 6.07) is 20.4. The van der Waals surface area contributed by atoms with Crippen molar-refractivity contribution in [3.8, 4) is 5.69 Å². The Hall–Kier alpha value is -3.93. The fourth-order valence-corrected chi connectivity index (χ4v) is 3.16. The Balaban J connectivity index is 2.02. The van der Waals surface area contributed by atoms with Crippen LogP contribution in [0.5, 0.6) is 0 Å². The van der Waals surface area contributed by atoms with Gasteiger partial charge in [-0.25, -0.2) is 0 Å². The fourth-order valence-electron chi connectivity index (χ4n) is 3.16. The first kappa shape index (κ1) is 16.5. The predicted molar refractivity (Wildman–Crippen MR) is 107 cm³/mol. The Kier molecular flexibility index (Phi) is 3.93. The number of hydrogen-bond donors (Lipinski definition) is 2. The first-order valence-corrected chi connectivity index (χ1v) is 8.32. The highest BCUT2D eigenvalue weighted by Gasteiger charge is 2.15. The largest absolute Gasteiger partial charge is 0.370 e. The maximum atomic E-state index is 13.0. The van der Waals surface area contributed by atoms with Crippen LogP contribution in [-0.4, -0.2) is 16.4 Å². The van der Waals surface area contributed by atoms with Crippen LogP contribution in [0.25, 0.3) is 27.2 Å². The molecule has 4 aromatic rings. The number of amides is 1. The number of guanidine groups is 1. The molecule has 0 spiro atoms. The van der Waals surface area contributed by atoms with Crippen molar-refractivity contribution in [2.24, 2.45) is 16.5 Å². The van der Waals surface area contributed by atoms with Gasteiger partial charge >= 0.3 is 0 Å². The molecule has 6 nitrogen and oxygen atoms in total. The highest BCUT2D eigenvalue weighted by atomic mass is 16.1. The molecule has 0 aliphatic heterocycles. The van der Waals surface area contributed by atoms with E-state index in [0.717, 1.165) is 10.8 Å². The number of nitrogens with zero attached hydrogens (tertiary/aromatic N) is 2.